The first kappa shape index (κ1) is 25.5. The number of fused-ring (bicyclic) bond motifs is 1. The lowest BCUT2D eigenvalue weighted by atomic mass is 10.0. The normalized spacial score (nSPS) is 16.4. The summed E-state index contributed by atoms with van der Waals surface area (Å²) >= 11 is 6.00. The Morgan fingerprint density at radius 2 is 1.83 bits per heavy atom. The van der Waals surface area contributed by atoms with E-state index in [9.17, 15) is 13.5 Å². The first-order chi connectivity index (χ1) is 16.7. The Hall–Kier alpha value is -2.58. The standard InChI is InChI=1S/C27H31ClN2O4S/c1-18(2)19-6-9-23(10-7-19)30-35(32,33)25-12-13-27-21(15-25)8-11-24(34-27)16-29-17-26(31)20-4-3-5-22(28)14-20/h3-7,9-10,12-15,18,24,26,29-31H,8,11,16-17H2,1-2H3/t24?,26-/m0/s1. The van der Waals surface area contributed by atoms with E-state index in [1.807, 2.05) is 24.3 Å². The van der Waals surface area contributed by atoms with Crippen LogP contribution in [0.1, 0.15) is 49.0 Å². The number of benzene rings is 3. The molecule has 186 valence electrons. The molecule has 6 nitrogen and oxygen atoms in total. The van der Waals surface area contributed by atoms with Crippen molar-refractivity contribution in [1.82, 2.24) is 5.32 Å². The Balaban J connectivity index is 1.33. The number of rotatable bonds is 9. The second-order valence-electron chi connectivity index (χ2n) is 9.16. The number of anilines is 1. The highest BCUT2D eigenvalue weighted by Gasteiger charge is 2.23. The van der Waals surface area contributed by atoms with E-state index >= 15 is 0 Å². The number of nitrogens with one attached hydrogen (secondary N) is 2. The van der Waals surface area contributed by atoms with Crippen LogP contribution in [0.15, 0.2) is 71.6 Å². The summed E-state index contributed by atoms with van der Waals surface area (Å²) in [6.07, 6.45) is 0.742. The van der Waals surface area contributed by atoms with Crippen LogP contribution in [0.25, 0.3) is 0 Å². The minimum atomic E-state index is -3.70. The molecule has 2 atom stereocenters. The van der Waals surface area contributed by atoms with Crippen molar-refractivity contribution in [3.63, 3.8) is 0 Å². The predicted octanol–water partition coefficient (Wildman–Crippen LogP) is 5.28. The number of sulfonamides is 1. The van der Waals surface area contributed by atoms with Crippen molar-refractivity contribution in [2.45, 2.75) is 49.7 Å². The van der Waals surface area contributed by atoms with Crippen molar-refractivity contribution >= 4 is 27.3 Å². The van der Waals surface area contributed by atoms with Crippen LogP contribution in [0.3, 0.4) is 0 Å². The van der Waals surface area contributed by atoms with Gasteiger partial charge in [0.15, 0.2) is 0 Å². The van der Waals surface area contributed by atoms with Gasteiger partial charge in [0.05, 0.1) is 11.0 Å². The SMILES string of the molecule is CC(C)c1ccc(NS(=O)(=O)c2ccc3c(c2)CCC(CNC[C@H](O)c2cccc(Cl)c2)O3)cc1. The van der Waals surface area contributed by atoms with Gasteiger partial charge in [-0.25, -0.2) is 8.42 Å². The molecule has 8 heteroatoms. The molecule has 0 saturated carbocycles. The van der Waals surface area contributed by atoms with E-state index in [1.165, 1.54) is 0 Å². The topological polar surface area (TPSA) is 87.7 Å². The van der Waals surface area contributed by atoms with Crippen molar-refractivity contribution in [1.29, 1.82) is 0 Å². The molecule has 0 radical (unpaired) electrons. The quantitative estimate of drug-likeness (QED) is 0.361. The van der Waals surface area contributed by atoms with E-state index in [1.54, 1.807) is 42.5 Å². The number of hydrogen-bond donors (Lipinski definition) is 3. The lowest BCUT2D eigenvalue weighted by Gasteiger charge is -2.27. The molecular formula is C27H31ClN2O4S. The van der Waals surface area contributed by atoms with Crippen molar-refractivity contribution < 1.29 is 18.3 Å². The number of ether oxygens (including phenoxy) is 1. The minimum absolute atomic E-state index is 0.0610. The number of hydrogen-bond acceptors (Lipinski definition) is 5. The van der Waals surface area contributed by atoms with Gasteiger partial charge in [0.1, 0.15) is 11.9 Å². The molecule has 1 heterocycles. The van der Waals surface area contributed by atoms with Crippen LogP contribution in [0.4, 0.5) is 5.69 Å². The monoisotopic (exact) mass is 514 g/mol. The van der Waals surface area contributed by atoms with Gasteiger partial charge in [0, 0.05) is 23.8 Å². The molecule has 0 aliphatic carbocycles. The highest BCUT2D eigenvalue weighted by Crippen LogP contribution is 2.30. The summed E-state index contributed by atoms with van der Waals surface area (Å²) in [4.78, 5) is 0.217. The fourth-order valence-electron chi connectivity index (χ4n) is 4.09. The third kappa shape index (κ3) is 6.55. The molecule has 0 aromatic heterocycles. The summed E-state index contributed by atoms with van der Waals surface area (Å²) < 4.78 is 34.6. The maximum Gasteiger partial charge on any atom is 0.261 e. The average molecular weight is 515 g/mol. The van der Waals surface area contributed by atoms with Crippen LogP contribution >= 0.6 is 11.6 Å². The van der Waals surface area contributed by atoms with E-state index < -0.39 is 16.1 Å². The summed E-state index contributed by atoms with van der Waals surface area (Å²) in [5.41, 5.74) is 3.33. The molecule has 0 amide bonds. The third-order valence-electron chi connectivity index (χ3n) is 6.14. The predicted molar refractivity (Wildman–Crippen MR) is 140 cm³/mol. The van der Waals surface area contributed by atoms with Crippen LogP contribution in [-0.2, 0) is 16.4 Å². The van der Waals surface area contributed by atoms with Gasteiger partial charge in [-0.15, -0.1) is 0 Å². The van der Waals surface area contributed by atoms with Crippen molar-refractivity contribution in [3.05, 3.63) is 88.4 Å². The molecule has 3 N–H and O–H groups in total. The van der Waals surface area contributed by atoms with Crippen molar-refractivity contribution in [2.75, 3.05) is 17.8 Å². The minimum Gasteiger partial charge on any atom is -0.489 e. The number of aryl methyl sites for hydroxylation is 1. The summed E-state index contributed by atoms with van der Waals surface area (Å²) in [6, 6.07) is 19.6. The Bertz CT molecular complexity index is 1260. The molecule has 1 aliphatic rings. The maximum absolute atomic E-state index is 12.9. The van der Waals surface area contributed by atoms with E-state index in [0.29, 0.717) is 41.9 Å². The molecule has 0 spiro atoms. The van der Waals surface area contributed by atoms with Crippen LogP contribution < -0.4 is 14.8 Å². The van der Waals surface area contributed by atoms with Gasteiger partial charge < -0.3 is 15.2 Å². The summed E-state index contributed by atoms with van der Waals surface area (Å²) in [7, 11) is -3.70. The molecule has 4 rings (SSSR count). The van der Waals surface area contributed by atoms with Gasteiger partial charge in [-0.1, -0.05) is 49.7 Å². The molecule has 1 unspecified atom stereocenters. The van der Waals surface area contributed by atoms with Crippen LogP contribution in [0.5, 0.6) is 5.75 Å². The zero-order valence-corrected chi connectivity index (χ0v) is 21.4. The highest BCUT2D eigenvalue weighted by atomic mass is 35.5. The van der Waals surface area contributed by atoms with E-state index in [-0.39, 0.29) is 11.0 Å². The van der Waals surface area contributed by atoms with E-state index in [2.05, 4.69) is 23.9 Å². The Morgan fingerprint density at radius 1 is 1.06 bits per heavy atom. The van der Waals surface area contributed by atoms with Gasteiger partial charge in [0.2, 0.25) is 0 Å². The number of aliphatic hydroxyl groups is 1. The first-order valence-corrected chi connectivity index (χ1v) is 13.6. The zero-order chi connectivity index (χ0) is 25.0. The summed E-state index contributed by atoms with van der Waals surface area (Å²) in [5.74, 6) is 1.08. The van der Waals surface area contributed by atoms with Crippen LogP contribution in [-0.4, -0.2) is 32.7 Å². The van der Waals surface area contributed by atoms with Crippen molar-refractivity contribution in [3.8, 4) is 5.75 Å². The highest BCUT2D eigenvalue weighted by molar-refractivity contribution is 7.92. The van der Waals surface area contributed by atoms with Gasteiger partial charge >= 0.3 is 0 Å². The fourth-order valence-corrected chi connectivity index (χ4v) is 5.40. The smallest absolute Gasteiger partial charge is 0.261 e. The second kappa shape index (κ2) is 11.0. The van der Waals surface area contributed by atoms with Crippen molar-refractivity contribution in [2.24, 2.45) is 0 Å². The molecule has 0 saturated heterocycles. The van der Waals surface area contributed by atoms with E-state index in [0.717, 1.165) is 23.1 Å². The summed E-state index contributed by atoms with van der Waals surface area (Å²) in [6.45, 7) is 5.15. The van der Waals surface area contributed by atoms with E-state index in [4.69, 9.17) is 16.3 Å². The van der Waals surface area contributed by atoms with Crippen LogP contribution in [0, 0.1) is 0 Å². The molecule has 0 bridgehead atoms. The second-order valence-corrected chi connectivity index (χ2v) is 11.3. The maximum atomic E-state index is 12.9. The Labute approximate surface area is 212 Å². The molecule has 3 aromatic rings. The fraction of sp³-hybridized carbons (Fsp3) is 0.333. The van der Waals surface area contributed by atoms with Gasteiger partial charge in [-0.2, -0.15) is 0 Å². The molecule has 35 heavy (non-hydrogen) atoms. The lowest BCUT2D eigenvalue weighted by Crippen LogP contribution is -2.36. The molecule has 3 aromatic carbocycles. The molecule has 1 aliphatic heterocycles. The Kier molecular flexibility index (Phi) is 8.02. The number of halogens is 1. The van der Waals surface area contributed by atoms with Crippen LogP contribution in [0.2, 0.25) is 5.02 Å². The summed E-state index contributed by atoms with van der Waals surface area (Å²) in [5, 5.41) is 14.2. The largest absolute Gasteiger partial charge is 0.489 e. The molecule has 0 fully saturated rings. The third-order valence-corrected chi connectivity index (χ3v) is 7.76. The van der Waals surface area contributed by atoms with Gasteiger partial charge in [0.25, 0.3) is 10.0 Å². The zero-order valence-electron chi connectivity index (χ0n) is 19.9. The van der Waals surface area contributed by atoms with Gasteiger partial charge in [-0.05, 0) is 77.9 Å². The lowest BCUT2D eigenvalue weighted by molar-refractivity contribution is 0.146. The average Bonchev–Trinajstić information content (AvgIpc) is 2.83. The number of aliphatic hydroxyl groups excluding tert-OH is 1. The van der Waals surface area contributed by atoms with Gasteiger partial charge in [-0.3, -0.25) is 4.72 Å². The first-order valence-electron chi connectivity index (χ1n) is 11.8. The molecular weight excluding hydrogens is 484 g/mol. The Morgan fingerprint density at radius 3 is 2.54 bits per heavy atom.